The third-order valence-electron chi connectivity index (χ3n) is 3.53. The second-order valence-corrected chi connectivity index (χ2v) is 5.21. The zero-order chi connectivity index (χ0) is 16.3. The second kappa shape index (κ2) is 6.60. The van der Waals surface area contributed by atoms with E-state index in [1.165, 1.54) is 4.90 Å². The summed E-state index contributed by atoms with van der Waals surface area (Å²) in [5.74, 6) is -0.451. The summed E-state index contributed by atoms with van der Waals surface area (Å²) in [5.41, 5.74) is 3.01. The Hall–Kier alpha value is -2.37. The molecule has 0 spiro atoms. The summed E-state index contributed by atoms with van der Waals surface area (Å²) in [6.07, 6.45) is 2.01. The van der Waals surface area contributed by atoms with Gasteiger partial charge in [-0.05, 0) is 32.4 Å². The average molecular weight is 303 g/mol. The van der Waals surface area contributed by atoms with Crippen molar-refractivity contribution in [3.8, 4) is 0 Å². The number of rotatable bonds is 5. The summed E-state index contributed by atoms with van der Waals surface area (Å²) in [4.78, 5) is 30.0. The van der Waals surface area contributed by atoms with Crippen LogP contribution >= 0.6 is 0 Å². The van der Waals surface area contributed by atoms with Crippen molar-refractivity contribution in [3.05, 3.63) is 35.3 Å². The first-order valence-electron chi connectivity index (χ1n) is 7.31. The number of carbonyl (C=O) groups is 2. The second-order valence-electron chi connectivity index (χ2n) is 5.21. The van der Waals surface area contributed by atoms with Crippen LogP contribution in [0.3, 0.4) is 0 Å². The van der Waals surface area contributed by atoms with E-state index in [0.717, 1.165) is 11.2 Å². The Morgan fingerprint density at radius 1 is 1.36 bits per heavy atom. The monoisotopic (exact) mass is 303 g/mol. The topological polar surface area (TPSA) is 63.9 Å². The molecule has 22 heavy (non-hydrogen) atoms. The van der Waals surface area contributed by atoms with Gasteiger partial charge in [-0.2, -0.15) is 0 Å². The van der Waals surface area contributed by atoms with E-state index in [1.54, 1.807) is 18.4 Å². The van der Waals surface area contributed by atoms with Gasteiger partial charge in [0.1, 0.15) is 11.3 Å². The van der Waals surface area contributed by atoms with E-state index in [2.05, 4.69) is 4.98 Å². The van der Waals surface area contributed by atoms with Crippen LogP contribution in [0, 0.1) is 13.8 Å². The molecule has 1 amide bonds. The van der Waals surface area contributed by atoms with E-state index in [1.807, 2.05) is 32.2 Å². The van der Waals surface area contributed by atoms with Crippen molar-refractivity contribution in [2.24, 2.45) is 0 Å². The van der Waals surface area contributed by atoms with Crippen LogP contribution in [0.2, 0.25) is 0 Å². The highest BCUT2D eigenvalue weighted by Gasteiger charge is 2.21. The lowest BCUT2D eigenvalue weighted by molar-refractivity contribution is -0.143. The minimum Gasteiger partial charge on any atom is -0.466 e. The Labute approximate surface area is 129 Å². The van der Waals surface area contributed by atoms with Gasteiger partial charge in [0.05, 0.1) is 18.7 Å². The number of aromatic nitrogens is 2. The predicted molar refractivity (Wildman–Crippen MR) is 82.9 cm³/mol. The van der Waals surface area contributed by atoms with Gasteiger partial charge in [0, 0.05) is 19.8 Å². The lowest BCUT2D eigenvalue weighted by Gasteiger charge is -2.17. The molecular weight excluding hydrogens is 282 g/mol. The zero-order valence-corrected chi connectivity index (χ0v) is 13.4. The molecule has 0 aromatic carbocycles. The number of esters is 1. The summed E-state index contributed by atoms with van der Waals surface area (Å²) in [7, 11) is 1.68. The molecule has 0 aliphatic carbocycles. The number of imidazole rings is 1. The number of carbonyl (C=O) groups excluding carboxylic acids is 2. The van der Waals surface area contributed by atoms with Gasteiger partial charge in [0.15, 0.2) is 0 Å². The zero-order valence-electron chi connectivity index (χ0n) is 13.4. The molecule has 0 atom stereocenters. The van der Waals surface area contributed by atoms with Crippen molar-refractivity contribution >= 4 is 17.5 Å². The number of amides is 1. The van der Waals surface area contributed by atoms with E-state index in [4.69, 9.17) is 4.74 Å². The molecule has 0 unspecified atom stereocenters. The SMILES string of the molecule is CCOC(=O)CCN(C)C(=O)c1c(C)nc2c(C)cccn12. The molecule has 2 aromatic rings. The average Bonchev–Trinajstić information content (AvgIpc) is 2.82. The Morgan fingerprint density at radius 3 is 2.77 bits per heavy atom. The number of pyridine rings is 1. The van der Waals surface area contributed by atoms with Gasteiger partial charge in [-0.1, -0.05) is 6.07 Å². The predicted octanol–water partition coefficient (Wildman–Crippen LogP) is 1.98. The number of nitrogens with zero attached hydrogens (tertiary/aromatic N) is 3. The number of fused-ring (bicyclic) bond motifs is 1. The third kappa shape index (κ3) is 3.10. The molecular formula is C16H21N3O3. The molecule has 2 aromatic heterocycles. The molecule has 0 N–H and O–H groups in total. The Kier molecular flexibility index (Phi) is 4.80. The first kappa shape index (κ1) is 16.0. The van der Waals surface area contributed by atoms with Gasteiger partial charge in [-0.15, -0.1) is 0 Å². The van der Waals surface area contributed by atoms with Crippen LogP contribution in [0.1, 0.15) is 35.1 Å². The van der Waals surface area contributed by atoms with Crippen molar-refractivity contribution in [2.75, 3.05) is 20.2 Å². The molecule has 6 heteroatoms. The van der Waals surface area contributed by atoms with Crippen LogP contribution in [-0.2, 0) is 9.53 Å². The lowest BCUT2D eigenvalue weighted by Crippen LogP contribution is -2.30. The van der Waals surface area contributed by atoms with E-state index >= 15 is 0 Å². The Morgan fingerprint density at radius 2 is 2.09 bits per heavy atom. The largest absolute Gasteiger partial charge is 0.466 e. The first-order valence-corrected chi connectivity index (χ1v) is 7.31. The molecule has 2 rings (SSSR count). The summed E-state index contributed by atoms with van der Waals surface area (Å²) in [6.45, 7) is 6.20. The number of hydrogen-bond acceptors (Lipinski definition) is 4. The maximum absolute atomic E-state index is 12.6. The third-order valence-corrected chi connectivity index (χ3v) is 3.53. The highest BCUT2D eigenvalue weighted by Crippen LogP contribution is 2.16. The fraction of sp³-hybridized carbons (Fsp3) is 0.438. The summed E-state index contributed by atoms with van der Waals surface area (Å²) < 4.78 is 6.68. The van der Waals surface area contributed by atoms with Gasteiger partial charge in [0.2, 0.25) is 0 Å². The molecule has 0 saturated heterocycles. The molecule has 0 bridgehead atoms. The van der Waals surface area contributed by atoms with Crippen LogP contribution in [0.5, 0.6) is 0 Å². The van der Waals surface area contributed by atoms with E-state index < -0.39 is 0 Å². The van der Waals surface area contributed by atoms with Gasteiger partial charge in [0.25, 0.3) is 5.91 Å². The van der Waals surface area contributed by atoms with Crippen LogP contribution < -0.4 is 0 Å². The molecule has 0 saturated carbocycles. The normalized spacial score (nSPS) is 10.7. The first-order chi connectivity index (χ1) is 10.5. The molecule has 118 valence electrons. The summed E-state index contributed by atoms with van der Waals surface area (Å²) in [6, 6.07) is 3.85. The van der Waals surface area contributed by atoms with E-state index in [0.29, 0.717) is 24.5 Å². The minimum absolute atomic E-state index is 0.153. The Balaban J connectivity index is 2.21. The van der Waals surface area contributed by atoms with Crippen LogP contribution in [-0.4, -0.2) is 46.4 Å². The number of hydrogen-bond donors (Lipinski definition) is 0. The van der Waals surface area contributed by atoms with Crippen molar-refractivity contribution < 1.29 is 14.3 Å². The smallest absolute Gasteiger partial charge is 0.307 e. The molecule has 0 aliphatic rings. The van der Waals surface area contributed by atoms with Gasteiger partial charge < -0.3 is 9.64 Å². The van der Waals surface area contributed by atoms with Crippen molar-refractivity contribution in [1.82, 2.24) is 14.3 Å². The highest BCUT2D eigenvalue weighted by atomic mass is 16.5. The van der Waals surface area contributed by atoms with E-state index in [-0.39, 0.29) is 18.3 Å². The van der Waals surface area contributed by atoms with Crippen LogP contribution in [0.15, 0.2) is 18.3 Å². The van der Waals surface area contributed by atoms with E-state index in [9.17, 15) is 9.59 Å². The lowest BCUT2D eigenvalue weighted by atomic mass is 10.3. The van der Waals surface area contributed by atoms with Gasteiger partial charge >= 0.3 is 5.97 Å². The molecule has 0 fully saturated rings. The molecule has 6 nitrogen and oxygen atoms in total. The standard InChI is InChI=1S/C16H21N3O3/c1-5-22-13(20)8-10-18(4)16(21)14-12(3)17-15-11(2)7-6-9-19(14)15/h6-7,9H,5,8,10H2,1-4H3. The van der Waals surface area contributed by atoms with Crippen molar-refractivity contribution in [2.45, 2.75) is 27.2 Å². The maximum atomic E-state index is 12.6. The van der Waals surface area contributed by atoms with Gasteiger partial charge in [-0.25, -0.2) is 4.98 Å². The molecule has 0 aliphatic heterocycles. The van der Waals surface area contributed by atoms with Crippen molar-refractivity contribution in [1.29, 1.82) is 0 Å². The fourth-order valence-corrected chi connectivity index (χ4v) is 2.35. The molecule has 2 heterocycles. The van der Waals surface area contributed by atoms with Crippen LogP contribution in [0.25, 0.3) is 5.65 Å². The number of aryl methyl sites for hydroxylation is 2. The van der Waals surface area contributed by atoms with Gasteiger partial charge in [-0.3, -0.25) is 14.0 Å². The van der Waals surface area contributed by atoms with Crippen LogP contribution in [0.4, 0.5) is 0 Å². The highest BCUT2D eigenvalue weighted by molar-refractivity contribution is 5.94. The number of ether oxygens (including phenoxy) is 1. The summed E-state index contributed by atoms with van der Waals surface area (Å²) in [5, 5.41) is 0. The van der Waals surface area contributed by atoms with Crippen molar-refractivity contribution in [3.63, 3.8) is 0 Å². The summed E-state index contributed by atoms with van der Waals surface area (Å²) >= 11 is 0. The molecule has 0 radical (unpaired) electrons. The quantitative estimate of drug-likeness (QED) is 0.792. The maximum Gasteiger partial charge on any atom is 0.307 e. The Bertz CT molecular complexity index is 706. The minimum atomic E-state index is -0.298. The fourth-order valence-electron chi connectivity index (χ4n) is 2.35.